The summed E-state index contributed by atoms with van der Waals surface area (Å²) in [4.78, 5) is 10.8. The predicted octanol–water partition coefficient (Wildman–Crippen LogP) is 3.52. The molecule has 0 spiro atoms. The summed E-state index contributed by atoms with van der Waals surface area (Å²) in [6.45, 7) is 0. The van der Waals surface area contributed by atoms with E-state index in [1.54, 1.807) is 42.5 Å². The van der Waals surface area contributed by atoms with Crippen molar-refractivity contribution in [3.05, 3.63) is 58.1 Å². The highest BCUT2D eigenvalue weighted by atomic mass is 35.5. The van der Waals surface area contributed by atoms with Crippen molar-refractivity contribution in [2.75, 3.05) is 5.75 Å². The number of halogens is 2. The Bertz CT molecular complexity index is 704. The van der Waals surface area contributed by atoms with Gasteiger partial charge in [-0.15, -0.1) is 0 Å². The van der Waals surface area contributed by atoms with Crippen molar-refractivity contribution in [3.8, 4) is 11.5 Å². The van der Waals surface area contributed by atoms with Crippen LogP contribution in [-0.2, 0) is 21.3 Å². The van der Waals surface area contributed by atoms with E-state index in [0.717, 1.165) is 0 Å². The second-order valence-electron chi connectivity index (χ2n) is 4.50. The van der Waals surface area contributed by atoms with Gasteiger partial charge in [0.1, 0.15) is 17.3 Å². The minimum absolute atomic E-state index is 0.156. The Kier molecular flexibility index (Phi) is 5.83. The molecule has 0 aliphatic rings. The molecule has 2 aromatic carbocycles. The Hall–Kier alpha value is -1.56. The van der Waals surface area contributed by atoms with Crippen molar-refractivity contribution in [1.29, 1.82) is 0 Å². The van der Waals surface area contributed by atoms with Crippen LogP contribution in [0, 0.1) is 0 Å². The molecule has 2 rings (SSSR count). The van der Waals surface area contributed by atoms with E-state index in [1.165, 1.54) is 0 Å². The van der Waals surface area contributed by atoms with Gasteiger partial charge in [-0.2, -0.15) is 0 Å². The van der Waals surface area contributed by atoms with Gasteiger partial charge in [-0.05, 0) is 36.4 Å². The van der Waals surface area contributed by atoms with E-state index in [1.807, 2.05) is 0 Å². The first-order valence-electron chi connectivity index (χ1n) is 6.29. The van der Waals surface area contributed by atoms with E-state index in [4.69, 9.17) is 33.7 Å². The molecule has 0 aliphatic carbocycles. The summed E-state index contributed by atoms with van der Waals surface area (Å²) < 4.78 is 17.6. The minimum Gasteiger partial charge on any atom is -0.457 e. The highest BCUT2D eigenvalue weighted by Gasteiger charge is 2.12. The number of nitrogens with two attached hydrogens (primary N) is 1. The lowest BCUT2D eigenvalue weighted by atomic mass is 10.2. The Balaban J connectivity index is 2.22. The van der Waals surface area contributed by atoms with Gasteiger partial charge in [0.05, 0.1) is 5.75 Å². The van der Waals surface area contributed by atoms with Crippen LogP contribution < -0.4 is 10.5 Å². The molecule has 0 saturated carbocycles. The smallest absolute Gasteiger partial charge is 0.230 e. The van der Waals surface area contributed by atoms with Gasteiger partial charge in [0.25, 0.3) is 0 Å². The maximum atomic E-state index is 11.9. The van der Waals surface area contributed by atoms with Crippen LogP contribution in [0.4, 0.5) is 0 Å². The van der Waals surface area contributed by atoms with Gasteiger partial charge >= 0.3 is 0 Å². The third-order valence-corrected chi connectivity index (χ3v) is 4.42. The third kappa shape index (κ3) is 5.02. The molecule has 0 radical (unpaired) electrons. The van der Waals surface area contributed by atoms with Gasteiger partial charge in [0.2, 0.25) is 5.91 Å². The largest absolute Gasteiger partial charge is 0.457 e. The average molecular weight is 358 g/mol. The molecule has 1 unspecified atom stereocenters. The Morgan fingerprint density at radius 1 is 1.09 bits per heavy atom. The van der Waals surface area contributed by atoms with Gasteiger partial charge in [-0.3, -0.25) is 9.00 Å². The highest BCUT2D eigenvalue weighted by Crippen LogP contribution is 2.30. The molecule has 0 aromatic heterocycles. The molecule has 0 bridgehead atoms. The van der Waals surface area contributed by atoms with Gasteiger partial charge in [-0.1, -0.05) is 29.3 Å². The highest BCUT2D eigenvalue weighted by molar-refractivity contribution is 7.84. The monoisotopic (exact) mass is 357 g/mol. The fourth-order valence-electron chi connectivity index (χ4n) is 1.76. The maximum Gasteiger partial charge on any atom is 0.230 e. The van der Waals surface area contributed by atoms with E-state index < -0.39 is 16.7 Å². The van der Waals surface area contributed by atoms with Gasteiger partial charge in [0, 0.05) is 26.4 Å². The number of carbonyl (C=O) groups is 1. The number of hydrogen-bond acceptors (Lipinski definition) is 3. The molecule has 1 atom stereocenters. The van der Waals surface area contributed by atoms with Crippen LogP contribution in [-0.4, -0.2) is 15.9 Å². The standard InChI is InChI=1S/C15H13Cl2NO3S/c16-11-3-5-13(6-4-11)21-14-7-12(17)2-1-10(14)8-22(20)9-15(18)19/h1-7H,8-9H2,(H2,18,19). The molecule has 2 aromatic rings. The normalized spacial score (nSPS) is 11.9. The van der Waals surface area contributed by atoms with Crippen LogP contribution in [0.25, 0.3) is 0 Å². The molecule has 1 amide bonds. The average Bonchev–Trinajstić information content (AvgIpc) is 2.43. The maximum absolute atomic E-state index is 11.9. The molecule has 2 N–H and O–H groups in total. The van der Waals surface area contributed by atoms with E-state index in [0.29, 0.717) is 27.1 Å². The summed E-state index contributed by atoms with van der Waals surface area (Å²) >= 11 is 11.8. The van der Waals surface area contributed by atoms with Crippen LogP contribution >= 0.6 is 23.2 Å². The molecular weight excluding hydrogens is 345 g/mol. The molecular formula is C15H13Cl2NO3S. The zero-order chi connectivity index (χ0) is 16.1. The second-order valence-corrected chi connectivity index (χ2v) is 6.83. The predicted molar refractivity (Wildman–Crippen MR) is 88.9 cm³/mol. The van der Waals surface area contributed by atoms with Crippen molar-refractivity contribution in [3.63, 3.8) is 0 Å². The Morgan fingerprint density at radius 3 is 2.36 bits per heavy atom. The number of rotatable bonds is 6. The minimum atomic E-state index is -1.40. The number of primary amides is 1. The summed E-state index contributed by atoms with van der Waals surface area (Å²) in [7, 11) is -1.40. The second kappa shape index (κ2) is 7.63. The zero-order valence-corrected chi connectivity index (χ0v) is 13.8. The molecule has 0 saturated heterocycles. The first-order valence-corrected chi connectivity index (χ1v) is 8.53. The molecule has 116 valence electrons. The molecule has 0 aliphatic heterocycles. The van der Waals surface area contributed by atoms with E-state index in [2.05, 4.69) is 0 Å². The summed E-state index contributed by atoms with van der Waals surface area (Å²) in [5.74, 6) is 0.417. The molecule has 4 nitrogen and oxygen atoms in total. The van der Waals surface area contributed by atoms with Gasteiger partial charge in [0.15, 0.2) is 0 Å². The SMILES string of the molecule is NC(=O)CS(=O)Cc1ccc(Cl)cc1Oc1ccc(Cl)cc1. The lowest BCUT2D eigenvalue weighted by Crippen LogP contribution is -2.20. The summed E-state index contributed by atoms with van der Waals surface area (Å²) in [5.41, 5.74) is 5.73. The number of amides is 1. The first-order chi connectivity index (χ1) is 10.4. The van der Waals surface area contributed by atoms with E-state index in [9.17, 15) is 9.00 Å². The van der Waals surface area contributed by atoms with Crippen LogP contribution in [0.3, 0.4) is 0 Å². The zero-order valence-electron chi connectivity index (χ0n) is 11.4. The Labute approximate surface area is 140 Å². The topological polar surface area (TPSA) is 69.4 Å². The summed E-state index contributed by atoms with van der Waals surface area (Å²) in [6.07, 6.45) is 0. The van der Waals surface area contributed by atoms with Crippen molar-refractivity contribution >= 4 is 39.9 Å². The first kappa shape index (κ1) is 16.8. The van der Waals surface area contributed by atoms with Gasteiger partial charge in [-0.25, -0.2) is 0 Å². The number of ether oxygens (including phenoxy) is 1. The van der Waals surface area contributed by atoms with Crippen LogP contribution in [0.1, 0.15) is 5.56 Å². The summed E-state index contributed by atoms with van der Waals surface area (Å²) in [5, 5.41) is 1.09. The fourth-order valence-corrected chi connectivity index (χ4v) is 3.05. The van der Waals surface area contributed by atoms with Gasteiger partial charge < -0.3 is 10.5 Å². The lowest BCUT2D eigenvalue weighted by molar-refractivity contribution is -0.115. The number of hydrogen-bond donors (Lipinski definition) is 1. The van der Waals surface area contributed by atoms with E-state index >= 15 is 0 Å². The molecule has 0 heterocycles. The third-order valence-electron chi connectivity index (χ3n) is 2.69. The lowest BCUT2D eigenvalue weighted by Gasteiger charge is -2.11. The van der Waals surface area contributed by atoms with Crippen molar-refractivity contribution in [1.82, 2.24) is 0 Å². The van der Waals surface area contributed by atoms with Crippen LogP contribution in [0.15, 0.2) is 42.5 Å². The van der Waals surface area contributed by atoms with Crippen LogP contribution in [0.5, 0.6) is 11.5 Å². The van der Waals surface area contributed by atoms with Crippen LogP contribution in [0.2, 0.25) is 10.0 Å². The van der Waals surface area contributed by atoms with Crippen molar-refractivity contribution in [2.24, 2.45) is 5.73 Å². The Morgan fingerprint density at radius 2 is 1.73 bits per heavy atom. The number of benzene rings is 2. The van der Waals surface area contributed by atoms with Crippen molar-refractivity contribution < 1.29 is 13.7 Å². The fraction of sp³-hybridized carbons (Fsp3) is 0.133. The molecule has 22 heavy (non-hydrogen) atoms. The summed E-state index contributed by atoms with van der Waals surface area (Å²) in [6, 6.07) is 11.9. The van der Waals surface area contributed by atoms with Crippen molar-refractivity contribution in [2.45, 2.75) is 5.75 Å². The van der Waals surface area contributed by atoms with E-state index in [-0.39, 0.29) is 11.5 Å². The number of carbonyl (C=O) groups excluding carboxylic acids is 1. The molecule has 7 heteroatoms. The molecule has 0 fully saturated rings. The quantitative estimate of drug-likeness (QED) is 0.859.